The number of hydrogen-bond acceptors (Lipinski definition) is 4. The highest BCUT2D eigenvalue weighted by molar-refractivity contribution is 6.33. The first-order chi connectivity index (χ1) is 10.2. The molecule has 2 fully saturated rings. The topological polar surface area (TPSA) is 67.6 Å². The summed E-state index contributed by atoms with van der Waals surface area (Å²) in [7, 11) is 0. The molecule has 1 aromatic carbocycles. The molecule has 0 bridgehead atoms. The largest absolute Gasteiger partial charge is 0.377 e. The molecule has 1 aromatic rings. The Balaban J connectivity index is 1.81. The lowest BCUT2D eigenvalue weighted by Crippen LogP contribution is -2.54. The standard InChI is InChI=1S/C15H20ClN3O2/c16-12-7-10(8-17)1-4-13(12)19-5-6-21-9-14(19)15(20)18-11-2-3-11/h1,4,7,11,14H,2-3,5-6,8-9,17H2,(H,18,20). The van der Waals surface area contributed by atoms with Gasteiger partial charge in [-0.25, -0.2) is 0 Å². The second-order valence-electron chi connectivity index (χ2n) is 5.56. The molecule has 1 saturated heterocycles. The van der Waals surface area contributed by atoms with Gasteiger partial charge in [0.05, 0.1) is 23.9 Å². The predicted octanol–water partition coefficient (Wildman–Crippen LogP) is 1.28. The number of nitrogens with one attached hydrogen (secondary N) is 1. The van der Waals surface area contributed by atoms with Gasteiger partial charge in [0.2, 0.25) is 5.91 Å². The van der Waals surface area contributed by atoms with Crippen LogP contribution in [0.3, 0.4) is 0 Å². The molecule has 5 nitrogen and oxygen atoms in total. The quantitative estimate of drug-likeness (QED) is 0.879. The number of carbonyl (C=O) groups excluding carboxylic acids is 1. The lowest BCUT2D eigenvalue weighted by molar-refractivity contribution is -0.124. The molecule has 21 heavy (non-hydrogen) atoms. The Morgan fingerprint density at radius 1 is 1.48 bits per heavy atom. The van der Waals surface area contributed by atoms with Gasteiger partial charge in [0.25, 0.3) is 0 Å². The van der Waals surface area contributed by atoms with Crippen molar-refractivity contribution in [3.63, 3.8) is 0 Å². The fraction of sp³-hybridized carbons (Fsp3) is 0.533. The van der Waals surface area contributed by atoms with E-state index in [1.807, 2.05) is 23.1 Å². The number of hydrogen-bond donors (Lipinski definition) is 2. The summed E-state index contributed by atoms with van der Waals surface area (Å²) in [6.45, 7) is 2.11. The molecule has 1 unspecified atom stereocenters. The van der Waals surface area contributed by atoms with Gasteiger partial charge in [-0.3, -0.25) is 4.79 Å². The minimum atomic E-state index is -0.319. The monoisotopic (exact) mass is 309 g/mol. The van der Waals surface area contributed by atoms with E-state index in [1.54, 1.807) is 0 Å². The maximum absolute atomic E-state index is 12.4. The average Bonchev–Trinajstić information content (AvgIpc) is 3.31. The maximum Gasteiger partial charge on any atom is 0.245 e. The second kappa shape index (κ2) is 6.22. The fourth-order valence-electron chi connectivity index (χ4n) is 2.54. The van der Waals surface area contributed by atoms with Gasteiger partial charge in [0, 0.05) is 19.1 Å². The van der Waals surface area contributed by atoms with Gasteiger partial charge in [-0.1, -0.05) is 17.7 Å². The zero-order chi connectivity index (χ0) is 14.8. The van der Waals surface area contributed by atoms with Gasteiger partial charge < -0.3 is 20.7 Å². The van der Waals surface area contributed by atoms with Crippen LogP contribution in [-0.2, 0) is 16.1 Å². The zero-order valence-electron chi connectivity index (χ0n) is 11.8. The van der Waals surface area contributed by atoms with E-state index in [-0.39, 0.29) is 11.9 Å². The summed E-state index contributed by atoms with van der Waals surface area (Å²) in [6.07, 6.45) is 2.15. The van der Waals surface area contributed by atoms with Gasteiger partial charge in [-0.2, -0.15) is 0 Å². The highest BCUT2D eigenvalue weighted by Gasteiger charge is 2.34. The summed E-state index contributed by atoms with van der Waals surface area (Å²) in [5.74, 6) is 0.0242. The van der Waals surface area contributed by atoms with Crippen molar-refractivity contribution >= 4 is 23.2 Å². The number of rotatable bonds is 4. The van der Waals surface area contributed by atoms with Crippen LogP contribution in [0.5, 0.6) is 0 Å². The summed E-state index contributed by atoms with van der Waals surface area (Å²) >= 11 is 6.36. The molecule has 0 radical (unpaired) electrons. The lowest BCUT2D eigenvalue weighted by Gasteiger charge is -2.37. The van der Waals surface area contributed by atoms with Crippen LogP contribution in [0.2, 0.25) is 5.02 Å². The van der Waals surface area contributed by atoms with Crippen LogP contribution in [0.25, 0.3) is 0 Å². The summed E-state index contributed by atoms with van der Waals surface area (Å²) < 4.78 is 5.48. The first-order valence-corrected chi connectivity index (χ1v) is 7.70. The fourth-order valence-corrected chi connectivity index (χ4v) is 2.86. The number of benzene rings is 1. The summed E-state index contributed by atoms with van der Waals surface area (Å²) in [5, 5.41) is 3.67. The lowest BCUT2D eigenvalue weighted by atomic mass is 10.1. The predicted molar refractivity (Wildman–Crippen MR) is 82.5 cm³/mol. The van der Waals surface area contributed by atoms with Crippen molar-refractivity contribution in [3.05, 3.63) is 28.8 Å². The molecule has 114 valence electrons. The summed E-state index contributed by atoms with van der Waals surface area (Å²) in [6, 6.07) is 5.78. The molecule has 2 aliphatic rings. The number of morpholine rings is 1. The Hall–Kier alpha value is -1.30. The number of ether oxygens (including phenoxy) is 1. The molecule has 1 amide bonds. The molecule has 6 heteroatoms. The van der Waals surface area contributed by atoms with Crippen molar-refractivity contribution in [3.8, 4) is 0 Å². The molecular formula is C15H20ClN3O2. The molecule has 1 heterocycles. The molecular weight excluding hydrogens is 290 g/mol. The highest BCUT2D eigenvalue weighted by atomic mass is 35.5. The highest BCUT2D eigenvalue weighted by Crippen LogP contribution is 2.30. The van der Waals surface area contributed by atoms with Gasteiger partial charge in [-0.05, 0) is 30.5 Å². The molecule has 3 rings (SSSR count). The van der Waals surface area contributed by atoms with Crippen LogP contribution in [-0.4, -0.2) is 37.7 Å². The van der Waals surface area contributed by atoms with E-state index in [0.717, 1.165) is 24.1 Å². The summed E-state index contributed by atoms with van der Waals surface area (Å²) in [4.78, 5) is 14.4. The van der Waals surface area contributed by atoms with Crippen LogP contribution >= 0.6 is 11.6 Å². The maximum atomic E-state index is 12.4. The normalized spacial score (nSPS) is 22.2. The van der Waals surface area contributed by atoms with E-state index in [4.69, 9.17) is 22.1 Å². The van der Waals surface area contributed by atoms with E-state index >= 15 is 0 Å². The summed E-state index contributed by atoms with van der Waals surface area (Å²) in [5.41, 5.74) is 7.48. The second-order valence-corrected chi connectivity index (χ2v) is 5.96. The Bertz CT molecular complexity index is 534. The van der Waals surface area contributed by atoms with E-state index in [2.05, 4.69) is 5.32 Å². The van der Waals surface area contributed by atoms with Gasteiger partial charge >= 0.3 is 0 Å². The van der Waals surface area contributed by atoms with Crippen molar-refractivity contribution in [2.45, 2.75) is 31.5 Å². The van der Waals surface area contributed by atoms with Crippen LogP contribution < -0.4 is 16.0 Å². The van der Waals surface area contributed by atoms with E-state index in [9.17, 15) is 4.79 Å². The molecule has 1 aliphatic heterocycles. The van der Waals surface area contributed by atoms with Crippen molar-refractivity contribution in [2.24, 2.45) is 5.73 Å². The van der Waals surface area contributed by atoms with E-state index in [1.165, 1.54) is 0 Å². The molecule has 1 aliphatic carbocycles. The molecule has 3 N–H and O–H groups in total. The van der Waals surface area contributed by atoms with Crippen LogP contribution in [0, 0.1) is 0 Å². The van der Waals surface area contributed by atoms with Gasteiger partial charge in [-0.15, -0.1) is 0 Å². The molecule has 0 aromatic heterocycles. The van der Waals surface area contributed by atoms with Crippen LogP contribution in [0.4, 0.5) is 5.69 Å². The van der Waals surface area contributed by atoms with Crippen molar-refractivity contribution in [1.82, 2.24) is 5.32 Å². The van der Waals surface area contributed by atoms with Crippen molar-refractivity contribution in [2.75, 3.05) is 24.7 Å². The number of carbonyl (C=O) groups is 1. The third-order valence-electron chi connectivity index (χ3n) is 3.91. The van der Waals surface area contributed by atoms with E-state index < -0.39 is 0 Å². The van der Waals surface area contributed by atoms with Crippen molar-refractivity contribution < 1.29 is 9.53 Å². The Kier molecular flexibility index (Phi) is 4.33. The Morgan fingerprint density at radius 3 is 2.95 bits per heavy atom. The van der Waals surface area contributed by atoms with Gasteiger partial charge in [0.1, 0.15) is 6.04 Å². The number of nitrogens with zero attached hydrogens (tertiary/aromatic N) is 1. The third-order valence-corrected chi connectivity index (χ3v) is 4.21. The number of anilines is 1. The number of amides is 1. The molecule has 1 atom stereocenters. The average molecular weight is 310 g/mol. The van der Waals surface area contributed by atoms with Crippen LogP contribution in [0.15, 0.2) is 18.2 Å². The van der Waals surface area contributed by atoms with Crippen LogP contribution in [0.1, 0.15) is 18.4 Å². The molecule has 1 saturated carbocycles. The SMILES string of the molecule is NCc1ccc(N2CCOCC2C(=O)NC2CC2)c(Cl)c1. The Morgan fingerprint density at radius 2 is 2.29 bits per heavy atom. The smallest absolute Gasteiger partial charge is 0.245 e. The van der Waals surface area contributed by atoms with Crippen molar-refractivity contribution in [1.29, 1.82) is 0 Å². The van der Waals surface area contributed by atoms with Gasteiger partial charge in [0.15, 0.2) is 0 Å². The van der Waals surface area contributed by atoms with E-state index in [0.29, 0.717) is 37.4 Å². The first-order valence-electron chi connectivity index (χ1n) is 7.32. The number of halogens is 1. The number of nitrogens with two attached hydrogens (primary N) is 1. The minimum absolute atomic E-state index is 0.0242. The first kappa shape index (κ1) is 14.6. The Labute approximate surface area is 129 Å². The molecule has 0 spiro atoms. The third kappa shape index (κ3) is 3.31. The zero-order valence-corrected chi connectivity index (χ0v) is 12.6. The minimum Gasteiger partial charge on any atom is -0.377 e.